The van der Waals surface area contributed by atoms with E-state index in [1.54, 1.807) is 7.11 Å². The predicted molar refractivity (Wildman–Crippen MR) is 116 cm³/mol. The van der Waals surface area contributed by atoms with Gasteiger partial charge < -0.3 is 14.6 Å². The first kappa shape index (κ1) is 18.7. The Morgan fingerprint density at radius 2 is 1.83 bits per heavy atom. The Morgan fingerprint density at radius 1 is 1.03 bits per heavy atom. The number of carbonyl (C=O) groups excluding carboxylic acids is 1. The van der Waals surface area contributed by atoms with Crippen LogP contribution in [-0.4, -0.2) is 22.6 Å². The number of aromatic nitrogens is 2. The summed E-state index contributed by atoms with van der Waals surface area (Å²) in [6.45, 7) is 2.25. The molecule has 1 aromatic heterocycles. The fourth-order valence-electron chi connectivity index (χ4n) is 3.50. The van der Waals surface area contributed by atoms with Gasteiger partial charge in [-0.25, -0.2) is 4.98 Å². The molecule has 0 aliphatic heterocycles. The second-order valence-electron chi connectivity index (χ2n) is 6.80. The topological polar surface area (TPSA) is 56.2 Å². The average Bonchev–Trinajstić information content (AvgIpc) is 3.12. The van der Waals surface area contributed by atoms with Gasteiger partial charge in [-0.3, -0.25) is 4.79 Å². The summed E-state index contributed by atoms with van der Waals surface area (Å²) >= 11 is 0. The molecule has 0 unspecified atom stereocenters. The number of hydrogen-bond acceptors (Lipinski definition) is 3. The van der Waals surface area contributed by atoms with E-state index in [1.165, 1.54) is 0 Å². The van der Waals surface area contributed by atoms with Crippen LogP contribution in [0.4, 0.5) is 5.69 Å². The third kappa shape index (κ3) is 3.85. The van der Waals surface area contributed by atoms with Crippen LogP contribution in [0.3, 0.4) is 0 Å². The van der Waals surface area contributed by atoms with Gasteiger partial charge >= 0.3 is 0 Å². The molecule has 29 heavy (non-hydrogen) atoms. The summed E-state index contributed by atoms with van der Waals surface area (Å²) < 4.78 is 7.31. The molecule has 0 radical (unpaired) electrons. The monoisotopic (exact) mass is 385 g/mol. The van der Waals surface area contributed by atoms with Crippen molar-refractivity contribution in [1.82, 2.24) is 9.55 Å². The van der Waals surface area contributed by atoms with Crippen LogP contribution in [0.25, 0.3) is 22.4 Å². The summed E-state index contributed by atoms with van der Waals surface area (Å²) in [5.74, 6) is 1.41. The molecule has 0 fully saturated rings. The van der Waals surface area contributed by atoms with Gasteiger partial charge in [-0.1, -0.05) is 49.4 Å². The normalized spacial score (nSPS) is 10.8. The number of hydrogen-bond donors (Lipinski definition) is 1. The number of ether oxygens (including phenoxy) is 1. The number of aryl methyl sites for hydroxylation is 1. The lowest BCUT2D eigenvalue weighted by molar-refractivity contribution is -0.116. The molecule has 5 nitrogen and oxygen atoms in total. The van der Waals surface area contributed by atoms with Gasteiger partial charge in [0.2, 0.25) is 5.91 Å². The highest BCUT2D eigenvalue weighted by Crippen LogP contribution is 2.27. The SMILES string of the molecule is CCc1ccccc1NC(=O)Cn1c(-c2cccc(OC)c2)nc2ccccc21. The van der Waals surface area contributed by atoms with E-state index < -0.39 is 0 Å². The van der Waals surface area contributed by atoms with E-state index in [-0.39, 0.29) is 12.5 Å². The van der Waals surface area contributed by atoms with Crippen LogP contribution >= 0.6 is 0 Å². The van der Waals surface area contributed by atoms with E-state index in [0.29, 0.717) is 0 Å². The van der Waals surface area contributed by atoms with Gasteiger partial charge in [-0.2, -0.15) is 0 Å². The van der Waals surface area contributed by atoms with Gasteiger partial charge in [0.15, 0.2) is 0 Å². The summed E-state index contributed by atoms with van der Waals surface area (Å²) in [5, 5.41) is 3.05. The summed E-state index contributed by atoms with van der Waals surface area (Å²) in [6.07, 6.45) is 0.861. The highest BCUT2D eigenvalue weighted by molar-refractivity contribution is 5.93. The van der Waals surface area contributed by atoms with Crippen molar-refractivity contribution in [2.45, 2.75) is 19.9 Å². The lowest BCUT2D eigenvalue weighted by Crippen LogP contribution is -2.20. The number of rotatable bonds is 6. The van der Waals surface area contributed by atoms with E-state index in [4.69, 9.17) is 9.72 Å². The largest absolute Gasteiger partial charge is 0.497 e. The summed E-state index contributed by atoms with van der Waals surface area (Å²) in [6, 6.07) is 23.5. The van der Waals surface area contributed by atoms with Crippen LogP contribution in [-0.2, 0) is 17.8 Å². The van der Waals surface area contributed by atoms with Crippen LogP contribution < -0.4 is 10.1 Å². The van der Waals surface area contributed by atoms with Crippen LogP contribution in [0.2, 0.25) is 0 Å². The number of amides is 1. The van der Waals surface area contributed by atoms with Gasteiger partial charge in [0.1, 0.15) is 18.1 Å². The number of para-hydroxylation sites is 3. The fourth-order valence-corrected chi connectivity index (χ4v) is 3.50. The highest BCUT2D eigenvalue weighted by Gasteiger charge is 2.16. The molecule has 1 amide bonds. The first-order chi connectivity index (χ1) is 14.2. The molecule has 3 aromatic carbocycles. The zero-order valence-electron chi connectivity index (χ0n) is 16.6. The minimum Gasteiger partial charge on any atom is -0.497 e. The molecular formula is C24H23N3O2. The van der Waals surface area contributed by atoms with Crippen LogP contribution in [0.15, 0.2) is 72.8 Å². The van der Waals surface area contributed by atoms with Crippen molar-refractivity contribution in [2.75, 3.05) is 12.4 Å². The molecule has 4 rings (SSSR count). The second kappa shape index (κ2) is 8.19. The van der Waals surface area contributed by atoms with Crippen molar-refractivity contribution in [3.05, 3.63) is 78.4 Å². The Kier molecular flexibility index (Phi) is 5.29. The summed E-state index contributed by atoms with van der Waals surface area (Å²) in [4.78, 5) is 17.7. The Bertz CT molecular complexity index is 1160. The molecule has 4 aromatic rings. The molecule has 146 valence electrons. The van der Waals surface area contributed by atoms with Crippen molar-refractivity contribution < 1.29 is 9.53 Å². The maximum Gasteiger partial charge on any atom is 0.244 e. The molecule has 0 spiro atoms. The molecule has 0 aliphatic carbocycles. The van der Waals surface area contributed by atoms with Crippen molar-refractivity contribution in [2.24, 2.45) is 0 Å². The van der Waals surface area contributed by atoms with E-state index in [1.807, 2.05) is 77.4 Å². The maximum absolute atomic E-state index is 12.9. The Balaban J connectivity index is 1.71. The molecule has 0 saturated carbocycles. The van der Waals surface area contributed by atoms with Crippen molar-refractivity contribution in [1.29, 1.82) is 0 Å². The molecule has 0 saturated heterocycles. The molecule has 5 heteroatoms. The Labute approximate surface area is 170 Å². The third-order valence-electron chi connectivity index (χ3n) is 4.96. The van der Waals surface area contributed by atoms with Crippen molar-refractivity contribution in [3.8, 4) is 17.1 Å². The Hall–Kier alpha value is -3.60. The zero-order chi connectivity index (χ0) is 20.2. The number of nitrogens with one attached hydrogen (secondary N) is 1. The maximum atomic E-state index is 12.9. The van der Waals surface area contributed by atoms with E-state index in [2.05, 4.69) is 12.2 Å². The molecule has 1 N–H and O–H groups in total. The quantitative estimate of drug-likeness (QED) is 0.513. The summed E-state index contributed by atoms with van der Waals surface area (Å²) in [5.41, 5.74) is 4.65. The number of nitrogens with zero attached hydrogens (tertiary/aromatic N) is 2. The van der Waals surface area contributed by atoms with Crippen molar-refractivity contribution in [3.63, 3.8) is 0 Å². The number of carbonyl (C=O) groups is 1. The number of anilines is 1. The minimum absolute atomic E-state index is 0.0850. The minimum atomic E-state index is -0.0850. The van der Waals surface area contributed by atoms with Crippen LogP contribution in [0, 0.1) is 0 Å². The number of imidazole rings is 1. The molecule has 0 aliphatic rings. The standard InChI is InChI=1S/C24H23N3O2/c1-3-17-9-4-5-12-20(17)25-23(28)16-27-22-14-7-6-13-21(22)26-24(27)18-10-8-11-19(15-18)29-2/h4-15H,3,16H2,1-2H3,(H,25,28). The number of fused-ring (bicyclic) bond motifs is 1. The fraction of sp³-hybridized carbons (Fsp3) is 0.167. The number of methoxy groups -OCH3 is 1. The van der Waals surface area contributed by atoms with Gasteiger partial charge in [0.05, 0.1) is 18.1 Å². The van der Waals surface area contributed by atoms with Crippen molar-refractivity contribution >= 4 is 22.6 Å². The molecular weight excluding hydrogens is 362 g/mol. The van der Waals surface area contributed by atoms with Crippen LogP contribution in [0.1, 0.15) is 12.5 Å². The van der Waals surface area contributed by atoms with Gasteiger partial charge in [0.25, 0.3) is 0 Å². The van der Waals surface area contributed by atoms with Gasteiger partial charge in [-0.15, -0.1) is 0 Å². The molecule has 0 atom stereocenters. The Morgan fingerprint density at radius 3 is 2.66 bits per heavy atom. The van der Waals surface area contributed by atoms with E-state index >= 15 is 0 Å². The molecule has 0 bridgehead atoms. The smallest absolute Gasteiger partial charge is 0.244 e. The van der Waals surface area contributed by atoms with E-state index in [0.717, 1.165) is 45.8 Å². The summed E-state index contributed by atoms with van der Waals surface area (Å²) in [7, 11) is 1.64. The van der Waals surface area contributed by atoms with Gasteiger partial charge in [0, 0.05) is 11.3 Å². The average molecular weight is 385 g/mol. The lowest BCUT2D eigenvalue weighted by Gasteiger charge is -2.13. The highest BCUT2D eigenvalue weighted by atomic mass is 16.5. The van der Waals surface area contributed by atoms with Gasteiger partial charge in [-0.05, 0) is 42.3 Å². The lowest BCUT2D eigenvalue weighted by atomic mass is 10.1. The first-order valence-corrected chi connectivity index (χ1v) is 9.67. The first-order valence-electron chi connectivity index (χ1n) is 9.67. The molecule has 1 heterocycles. The number of benzene rings is 3. The van der Waals surface area contributed by atoms with Crippen LogP contribution in [0.5, 0.6) is 5.75 Å². The zero-order valence-corrected chi connectivity index (χ0v) is 16.6. The predicted octanol–water partition coefficient (Wildman–Crippen LogP) is 4.91. The third-order valence-corrected chi connectivity index (χ3v) is 4.96. The van der Waals surface area contributed by atoms with E-state index in [9.17, 15) is 4.79 Å². The second-order valence-corrected chi connectivity index (χ2v) is 6.80.